The molecule has 0 saturated heterocycles. The van der Waals surface area contributed by atoms with Gasteiger partial charge in [-0.05, 0) is 24.6 Å². The number of aromatic nitrogens is 1. The molecule has 1 heterocycles. The van der Waals surface area contributed by atoms with Crippen LogP contribution in [0.3, 0.4) is 0 Å². The summed E-state index contributed by atoms with van der Waals surface area (Å²) in [7, 11) is 0. The number of esters is 1. The third-order valence-electron chi connectivity index (χ3n) is 2.83. The minimum atomic E-state index is -0.224. The Bertz CT molecular complexity index is 591. The Labute approximate surface area is 119 Å². The van der Waals surface area contributed by atoms with Crippen molar-refractivity contribution in [2.75, 3.05) is 6.61 Å². The lowest BCUT2D eigenvalue weighted by atomic mass is 10.2. The monoisotopic (exact) mass is 268 g/mol. The Hall–Kier alpha value is -2.42. The highest BCUT2D eigenvalue weighted by Gasteiger charge is 2.13. The van der Waals surface area contributed by atoms with Gasteiger partial charge in [-0.3, -0.25) is 0 Å². The van der Waals surface area contributed by atoms with Gasteiger partial charge in [-0.2, -0.15) is 4.57 Å². The normalized spacial score (nSPS) is 10.7. The van der Waals surface area contributed by atoms with Gasteiger partial charge in [0.25, 0.3) is 0 Å². The van der Waals surface area contributed by atoms with E-state index in [0.717, 1.165) is 11.3 Å². The zero-order chi connectivity index (χ0) is 14.2. The van der Waals surface area contributed by atoms with E-state index >= 15 is 0 Å². The molecule has 0 unspecified atom stereocenters. The highest BCUT2D eigenvalue weighted by Crippen LogP contribution is 2.04. The minimum absolute atomic E-state index is 0.224. The molecular weight excluding hydrogens is 250 g/mol. The number of hydrogen-bond donors (Lipinski definition) is 0. The Morgan fingerprint density at radius 1 is 1.10 bits per heavy atom. The lowest BCUT2D eigenvalue weighted by Gasteiger charge is -2.01. The molecule has 0 atom stereocenters. The highest BCUT2D eigenvalue weighted by molar-refractivity contribution is 5.69. The molecule has 0 bridgehead atoms. The van der Waals surface area contributed by atoms with Crippen LogP contribution in [0, 0.1) is 0 Å². The average Bonchev–Trinajstić information content (AvgIpc) is 2.48. The van der Waals surface area contributed by atoms with Crippen LogP contribution in [0.1, 0.15) is 18.2 Å². The predicted molar refractivity (Wildman–Crippen MR) is 78.6 cm³/mol. The van der Waals surface area contributed by atoms with E-state index in [0.29, 0.717) is 6.61 Å². The van der Waals surface area contributed by atoms with Gasteiger partial charge >= 0.3 is 5.97 Å². The number of nitrogens with zero attached hydrogens (tertiary/aromatic N) is 1. The molecule has 0 aliphatic carbocycles. The van der Waals surface area contributed by atoms with Crippen LogP contribution in [0.15, 0.2) is 54.7 Å². The summed E-state index contributed by atoms with van der Waals surface area (Å²) in [6.07, 6.45) is 5.90. The summed E-state index contributed by atoms with van der Waals surface area (Å²) in [5, 5.41) is 0. The Morgan fingerprint density at radius 2 is 1.85 bits per heavy atom. The van der Waals surface area contributed by atoms with Crippen LogP contribution < -0.4 is 4.57 Å². The van der Waals surface area contributed by atoms with Gasteiger partial charge < -0.3 is 4.74 Å². The summed E-state index contributed by atoms with van der Waals surface area (Å²) in [5.74, 6) is -0.224. The third-order valence-corrected chi connectivity index (χ3v) is 2.83. The van der Waals surface area contributed by atoms with Gasteiger partial charge in [0.1, 0.15) is 0 Å². The summed E-state index contributed by atoms with van der Waals surface area (Å²) in [4.78, 5) is 11.6. The smallest absolute Gasteiger partial charge is 0.372 e. The number of carbonyl (C=O) groups is 1. The lowest BCUT2D eigenvalue weighted by Crippen LogP contribution is -2.41. The van der Waals surface area contributed by atoms with Gasteiger partial charge in [-0.1, -0.05) is 30.3 Å². The van der Waals surface area contributed by atoms with Gasteiger partial charge in [0.2, 0.25) is 12.2 Å². The quantitative estimate of drug-likeness (QED) is 0.616. The molecule has 0 saturated carbocycles. The first kappa shape index (κ1) is 14.0. The molecule has 3 nitrogen and oxygen atoms in total. The Balaban J connectivity index is 2.16. The van der Waals surface area contributed by atoms with Crippen molar-refractivity contribution in [1.82, 2.24) is 0 Å². The minimum Gasteiger partial charge on any atom is -0.461 e. The van der Waals surface area contributed by atoms with Crippen LogP contribution in [-0.4, -0.2) is 12.6 Å². The van der Waals surface area contributed by atoms with E-state index < -0.39 is 0 Å². The van der Waals surface area contributed by atoms with Crippen molar-refractivity contribution in [3.05, 3.63) is 66.0 Å². The number of hydrogen-bond acceptors (Lipinski definition) is 2. The molecule has 3 heteroatoms. The summed E-state index contributed by atoms with van der Waals surface area (Å²) in [5.41, 5.74) is 2.09. The third kappa shape index (κ3) is 4.05. The first-order valence-corrected chi connectivity index (χ1v) is 6.67. The molecule has 0 spiro atoms. The van der Waals surface area contributed by atoms with Crippen LogP contribution in [0.25, 0.3) is 12.2 Å². The maximum Gasteiger partial charge on any atom is 0.372 e. The summed E-state index contributed by atoms with van der Waals surface area (Å²) in [6, 6.07) is 15.9. The molecular formula is C17H18NO2+. The van der Waals surface area contributed by atoms with Crippen molar-refractivity contribution in [3.63, 3.8) is 0 Å². The summed E-state index contributed by atoms with van der Waals surface area (Å²) < 4.78 is 6.85. The number of rotatable bonds is 5. The standard InChI is InChI=1S/C17H18NO2/c1-2-20-17(19)14-18-13-7-6-10-16(18)12-11-15-8-4-3-5-9-15/h3-13H,2,14H2,1H3/q+1/b12-11-. The van der Waals surface area contributed by atoms with E-state index in [4.69, 9.17) is 4.74 Å². The van der Waals surface area contributed by atoms with Crippen molar-refractivity contribution >= 4 is 18.1 Å². The molecule has 0 aliphatic heterocycles. The molecule has 0 amide bonds. The maximum absolute atomic E-state index is 11.6. The second-order valence-corrected chi connectivity index (χ2v) is 4.30. The summed E-state index contributed by atoms with van der Waals surface area (Å²) >= 11 is 0. The van der Waals surface area contributed by atoms with Crippen LogP contribution in [-0.2, 0) is 16.1 Å². The van der Waals surface area contributed by atoms with E-state index in [1.807, 2.05) is 78.4 Å². The van der Waals surface area contributed by atoms with E-state index in [2.05, 4.69) is 0 Å². The van der Waals surface area contributed by atoms with E-state index in [-0.39, 0.29) is 12.5 Å². The molecule has 20 heavy (non-hydrogen) atoms. The molecule has 0 fully saturated rings. The molecule has 2 rings (SSSR count). The maximum atomic E-state index is 11.6. The first-order valence-electron chi connectivity index (χ1n) is 6.67. The molecule has 2 aromatic rings. The second kappa shape index (κ2) is 7.24. The van der Waals surface area contributed by atoms with E-state index in [9.17, 15) is 4.79 Å². The number of benzene rings is 1. The highest BCUT2D eigenvalue weighted by atomic mass is 16.5. The molecule has 0 N–H and O–H groups in total. The van der Waals surface area contributed by atoms with E-state index in [1.165, 1.54) is 0 Å². The molecule has 0 aliphatic rings. The lowest BCUT2D eigenvalue weighted by molar-refractivity contribution is -0.687. The van der Waals surface area contributed by atoms with E-state index in [1.54, 1.807) is 0 Å². The first-order chi connectivity index (χ1) is 9.79. The van der Waals surface area contributed by atoms with Gasteiger partial charge in [-0.15, -0.1) is 0 Å². The van der Waals surface area contributed by atoms with Crippen molar-refractivity contribution in [2.24, 2.45) is 0 Å². The average molecular weight is 268 g/mol. The van der Waals surface area contributed by atoms with Gasteiger partial charge in [0.15, 0.2) is 6.20 Å². The number of ether oxygens (including phenoxy) is 1. The van der Waals surface area contributed by atoms with Crippen molar-refractivity contribution < 1.29 is 14.1 Å². The number of carbonyl (C=O) groups excluding carboxylic acids is 1. The van der Waals surface area contributed by atoms with Gasteiger partial charge in [0, 0.05) is 18.2 Å². The Morgan fingerprint density at radius 3 is 2.60 bits per heavy atom. The molecule has 0 radical (unpaired) electrons. The zero-order valence-electron chi connectivity index (χ0n) is 11.5. The second-order valence-electron chi connectivity index (χ2n) is 4.30. The van der Waals surface area contributed by atoms with Crippen LogP contribution >= 0.6 is 0 Å². The summed E-state index contributed by atoms with van der Waals surface area (Å²) in [6.45, 7) is 2.44. The fourth-order valence-corrected chi connectivity index (χ4v) is 1.88. The fraction of sp³-hybridized carbons (Fsp3) is 0.176. The zero-order valence-corrected chi connectivity index (χ0v) is 11.5. The largest absolute Gasteiger partial charge is 0.461 e. The van der Waals surface area contributed by atoms with Crippen LogP contribution in [0.2, 0.25) is 0 Å². The molecule has 1 aromatic carbocycles. The Kier molecular flexibility index (Phi) is 5.07. The fourth-order valence-electron chi connectivity index (χ4n) is 1.88. The topological polar surface area (TPSA) is 30.2 Å². The molecule has 1 aromatic heterocycles. The predicted octanol–water partition coefficient (Wildman–Crippen LogP) is 2.71. The van der Waals surface area contributed by atoms with Crippen molar-refractivity contribution in [3.8, 4) is 0 Å². The van der Waals surface area contributed by atoms with Gasteiger partial charge in [0.05, 0.1) is 6.61 Å². The SMILES string of the molecule is CCOC(=O)C[n+]1ccccc1/C=C\c1ccccc1. The van der Waals surface area contributed by atoms with Crippen molar-refractivity contribution in [2.45, 2.75) is 13.5 Å². The van der Waals surface area contributed by atoms with Crippen molar-refractivity contribution in [1.29, 1.82) is 0 Å². The number of pyridine rings is 1. The van der Waals surface area contributed by atoms with Crippen LogP contribution in [0.5, 0.6) is 0 Å². The molecule has 102 valence electrons. The van der Waals surface area contributed by atoms with Crippen LogP contribution in [0.4, 0.5) is 0 Å². The van der Waals surface area contributed by atoms with Gasteiger partial charge in [-0.25, -0.2) is 4.79 Å².